The van der Waals surface area contributed by atoms with Gasteiger partial charge in [-0.15, -0.1) is 0 Å². The van der Waals surface area contributed by atoms with Gasteiger partial charge in [0.15, 0.2) is 15.0 Å². The zero-order valence-corrected chi connectivity index (χ0v) is 13.1. The maximum absolute atomic E-state index is 11.4. The lowest BCUT2D eigenvalue weighted by Gasteiger charge is -2.26. The van der Waals surface area contributed by atoms with Crippen molar-refractivity contribution in [3.63, 3.8) is 0 Å². The van der Waals surface area contributed by atoms with Crippen LogP contribution in [0.1, 0.15) is 31.3 Å². The molecule has 0 saturated carbocycles. The van der Waals surface area contributed by atoms with Crippen LogP contribution in [0.25, 0.3) is 0 Å². The van der Waals surface area contributed by atoms with Gasteiger partial charge in [0.05, 0.1) is 28.7 Å². The van der Waals surface area contributed by atoms with Gasteiger partial charge in [-0.1, -0.05) is 32.1 Å². The fraction of sp³-hybridized carbons (Fsp3) is 0.750. The van der Waals surface area contributed by atoms with Crippen LogP contribution in [0, 0.1) is 0 Å². The molecule has 108 valence electrons. The minimum absolute atomic E-state index is 0.0175. The first-order valence-electron chi connectivity index (χ1n) is 6.29. The van der Waals surface area contributed by atoms with Gasteiger partial charge < -0.3 is 10.0 Å². The Hall–Kier alpha value is -0.660. The summed E-state index contributed by atoms with van der Waals surface area (Å²) in [5, 5.41) is 10.3. The molecule has 0 spiro atoms. The van der Waals surface area contributed by atoms with Crippen molar-refractivity contribution in [2.45, 2.75) is 32.8 Å². The summed E-state index contributed by atoms with van der Waals surface area (Å²) >= 11 is 1.46. The van der Waals surface area contributed by atoms with Crippen LogP contribution in [0.15, 0.2) is 0 Å². The highest BCUT2D eigenvalue weighted by molar-refractivity contribution is 7.91. The summed E-state index contributed by atoms with van der Waals surface area (Å²) in [6.45, 7) is 7.15. The minimum Gasteiger partial charge on any atom is -0.391 e. The lowest BCUT2D eigenvalue weighted by Crippen LogP contribution is -2.40. The molecule has 0 aromatic carbocycles. The predicted octanol–water partition coefficient (Wildman–Crippen LogP) is 1.17. The number of thiazole rings is 1. The molecule has 0 atom stereocenters. The SMILES string of the molecule is CC(C)(C)c1nc(N2CCS(=O)(=O)CC2)sc1CO. The Labute approximate surface area is 118 Å². The van der Waals surface area contributed by atoms with Crippen LogP contribution < -0.4 is 4.90 Å². The Bertz CT molecular complexity index is 544. The van der Waals surface area contributed by atoms with Crippen molar-refractivity contribution >= 4 is 26.3 Å². The lowest BCUT2D eigenvalue weighted by atomic mass is 9.91. The van der Waals surface area contributed by atoms with E-state index in [1.165, 1.54) is 11.3 Å². The number of anilines is 1. The zero-order chi connectivity index (χ0) is 14.3. The maximum Gasteiger partial charge on any atom is 0.185 e. The van der Waals surface area contributed by atoms with E-state index in [0.717, 1.165) is 15.7 Å². The van der Waals surface area contributed by atoms with Crippen molar-refractivity contribution in [3.05, 3.63) is 10.6 Å². The Morgan fingerprint density at radius 2 is 1.89 bits per heavy atom. The van der Waals surface area contributed by atoms with Crippen LogP contribution >= 0.6 is 11.3 Å². The molecule has 1 aliphatic rings. The second-order valence-corrected chi connectivity index (χ2v) is 9.18. The highest BCUT2D eigenvalue weighted by Gasteiger charge is 2.27. The molecule has 1 aliphatic heterocycles. The second kappa shape index (κ2) is 5.03. The van der Waals surface area contributed by atoms with Crippen molar-refractivity contribution in [1.82, 2.24) is 4.98 Å². The molecule has 2 heterocycles. The predicted molar refractivity (Wildman–Crippen MR) is 77.6 cm³/mol. The van der Waals surface area contributed by atoms with Crippen molar-refractivity contribution in [1.29, 1.82) is 0 Å². The number of nitrogens with zero attached hydrogens (tertiary/aromatic N) is 2. The van der Waals surface area contributed by atoms with Gasteiger partial charge in [-0.25, -0.2) is 13.4 Å². The van der Waals surface area contributed by atoms with E-state index >= 15 is 0 Å². The number of hydrogen-bond donors (Lipinski definition) is 1. The largest absolute Gasteiger partial charge is 0.391 e. The molecule has 1 aromatic heterocycles. The zero-order valence-electron chi connectivity index (χ0n) is 11.5. The van der Waals surface area contributed by atoms with Crippen molar-refractivity contribution in [3.8, 4) is 0 Å². The summed E-state index contributed by atoms with van der Waals surface area (Å²) < 4.78 is 22.9. The van der Waals surface area contributed by atoms with Gasteiger partial charge in [0.2, 0.25) is 0 Å². The Morgan fingerprint density at radius 3 is 2.32 bits per heavy atom. The first-order chi connectivity index (χ1) is 8.73. The monoisotopic (exact) mass is 304 g/mol. The van der Waals surface area contributed by atoms with Gasteiger partial charge in [0.25, 0.3) is 0 Å². The van der Waals surface area contributed by atoms with Gasteiger partial charge in [0.1, 0.15) is 0 Å². The summed E-state index contributed by atoms with van der Waals surface area (Å²) in [4.78, 5) is 7.48. The van der Waals surface area contributed by atoms with Gasteiger partial charge in [-0.2, -0.15) is 0 Å². The number of aliphatic hydroxyl groups excluding tert-OH is 1. The number of rotatable bonds is 2. The molecule has 0 amide bonds. The lowest BCUT2D eigenvalue weighted by molar-refractivity contribution is 0.282. The molecule has 1 fully saturated rings. The van der Waals surface area contributed by atoms with E-state index in [9.17, 15) is 13.5 Å². The van der Waals surface area contributed by atoms with E-state index in [2.05, 4.69) is 25.8 Å². The molecule has 1 saturated heterocycles. The van der Waals surface area contributed by atoms with Crippen LogP contribution in [-0.4, -0.2) is 43.1 Å². The highest BCUT2D eigenvalue weighted by Crippen LogP contribution is 2.34. The second-order valence-electron chi connectivity index (χ2n) is 5.82. The quantitative estimate of drug-likeness (QED) is 0.888. The molecule has 0 aliphatic carbocycles. The molecule has 7 heteroatoms. The van der Waals surface area contributed by atoms with Crippen LogP contribution in [0.5, 0.6) is 0 Å². The Kier molecular flexibility index (Phi) is 3.90. The molecular formula is C12H20N2O3S2. The van der Waals surface area contributed by atoms with E-state index in [4.69, 9.17) is 0 Å². The van der Waals surface area contributed by atoms with Crippen LogP contribution in [0.4, 0.5) is 5.13 Å². The average molecular weight is 304 g/mol. The van der Waals surface area contributed by atoms with E-state index in [1.807, 2.05) is 4.90 Å². The third-order valence-corrected chi connectivity index (χ3v) is 5.87. The normalized spacial score (nSPS) is 19.7. The third kappa shape index (κ3) is 3.27. The van der Waals surface area contributed by atoms with Gasteiger partial charge in [-0.3, -0.25) is 0 Å². The fourth-order valence-electron chi connectivity index (χ4n) is 2.07. The number of hydrogen-bond acceptors (Lipinski definition) is 6. The smallest absolute Gasteiger partial charge is 0.185 e. The number of sulfone groups is 1. The van der Waals surface area contributed by atoms with Crippen molar-refractivity contribution in [2.24, 2.45) is 0 Å². The van der Waals surface area contributed by atoms with E-state index < -0.39 is 9.84 Å². The van der Waals surface area contributed by atoms with Crippen LogP contribution in [0.2, 0.25) is 0 Å². The fourth-order valence-corrected chi connectivity index (χ4v) is 4.45. The Balaban J connectivity index is 2.25. The Morgan fingerprint density at radius 1 is 1.32 bits per heavy atom. The third-order valence-electron chi connectivity index (χ3n) is 3.16. The van der Waals surface area contributed by atoms with Crippen molar-refractivity contribution in [2.75, 3.05) is 29.5 Å². The minimum atomic E-state index is -2.88. The topological polar surface area (TPSA) is 70.5 Å². The molecule has 0 unspecified atom stereocenters. The highest BCUT2D eigenvalue weighted by atomic mass is 32.2. The van der Waals surface area contributed by atoms with Gasteiger partial charge in [0, 0.05) is 18.5 Å². The molecule has 19 heavy (non-hydrogen) atoms. The van der Waals surface area contributed by atoms with E-state index in [1.54, 1.807) is 0 Å². The summed E-state index contributed by atoms with van der Waals surface area (Å²) in [6.07, 6.45) is 0. The molecule has 0 bridgehead atoms. The summed E-state index contributed by atoms with van der Waals surface area (Å²) in [6, 6.07) is 0. The van der Waals surface area contributed by atoms with E-state index in [-0.39, 0.29) is 23.5 Å². The van der Waals surface area contributed by atoms with Crippen LogP contribution in [-0.2, 0) is 21.9 Å². The van der Waals surface area contributed by atoms with Gasteiger partial charge in [-0.05, 0) is 0 Å². The van der Waals surface area contributed by atoms with Crippen LogP contribution in [0.3, 0.4) is 0 Å². The van der Waals surface area contributed by atoms with E-state index in [0.29, 0.717) is 13.1 Å². The molecule has 1 N–H and O–H groups in total. The first-order valence-corrected chi connectivity index (χ1v) is 8.93. The van der Waals surface area contributed by atoms with Gasteiger partial charge >= 0.3 is 0 Å². The summed E-state index contributed by atoms with van der Waals surface area (Å²) in [5.41, 5.74) is 0.790. The van der Waals surface area contributed by atoms with Crippen molar-refractivity contribution < 1.29 is 13.5 Å². The molecule has 2 rings (SSSR count). The standard InChI is InChI=1S/C12H20N2O3S2/c1-12(2,3)10-9(8-15)18-11(13-10)14-4-6-19(16,17)7-5-14/h15H,4-8H2,1-3H3. The summed E-state index contributed by atoms with van der Waals surface area (Å²) in [7, 11) is -2.88. The molecule has 1 aromatic rings. The number of aromatic nitrogens is 1. The molecule has 0 radical (unpaired) electrons. The first kappa shape index (κ1) is 14.7. The molecule has 5 nitrogen and oxygen atoms in total. The summed E-state index contributed by atoms with van der Waals surface area (Å²) in [5.74, 6) is 0.373. The maximum atomic E-state index is 11.4. The molecular weight excluding hydrogens is 284 g/mol. The average Bonchev–Trinajstić information content (AvgIpc) is 2.72. The number of aliphatic hydroxyl groups is 1.